The molecule has 13 heavy (non-hydrogen) atoms. The van der Waals surface area contributed by atoms with Gasteiger partial charge in [0.2, 0.25) is 0 Å². The zero-order valence-corrected chi connectivity index (χ0v) is 8.34. The van der Waals surface area contributed by atoms with Crippen LogP contribution in [0.1, 0.15) is 5.56 Å². The Morgan fingerprint density at radius 1 is 1.54 bits per heavy atom. The van der Waals surface area contributed by atoms with E-state index in [4.69, 9.17) is 0 Å². The van der Waals surface area contributed by atoms with Gasteiger partial charge in [-0.05, 0) is 33.6 Å². The highest BCUT2D eigenvalue weighted by Crippen LogP contribution is 2.22. The van der Waals surface area contributed by atoms with E-state index in [0.29, 0.717) is 6.42 Å². The van der Waals surface area contributed by atoms with Crippen LogP contribution in [-0.2, 0) is 11.2 Å². The van der Waals surface area contributed by atoms with Crippen molar-refractivity contribution in [2.45, 2.75) is 6.42 Å². The SMILES string of the molecule is O=CCc1cc(Br)c2nc[nH]c2c1. The molecule has 0 aliphatic rings. The lowest BCUT2D eigenvalue weighted by molar-refractivity contribution is -0.107. The second kappa shape index (κ2) is 3.30. The lowest BCUT2D eigenvalue weighted by Crippen LogP contribution is -1.86. The van der Waals surface area contributed by atoms with Crippen LogP contribution in [0.2, 0.25) is 0 Å². The van der Waals surface area contributed by atoms with Crippen molar-refractivity contribution < 1.29 is 4.79 Å². The summed E-state index contributed by atoms with van der Waals surface area (Å²) in [5.74, 6) is 0. The molecule has 0 atom stereocenters. The minimum atomic E-state index is 0.438. The topological polar surface area (TPSA) is 45.8 Å². The number of aromatic amines is 1. The van der Waals surface area contributed by atoms with Gasteiger partial charge in [0, 0.05) is 10.9 Å². The average Bonchev–Trinajstić information content (AvgIpc) is 2.53. The number of hydrogen-bond donors (Lipinski definition) is 1. The van der Waals surface area contributed by atoms with Crippen molar-refractivity contribution >= 4 is 33.2 Å². The Hall–Kier alpha value is -1.16. The average molecular weight is 239 g/mol. The van der Waals surface area contributed by atoms with Gasteiger partial charge in [0.05, 0.1) is 11.8 Å². The minimum Gasteiger partial charge on any atom is -0.345 e. The van der Waals surface area contributed by atoms with E-state index < -0.39 is 0 Å². The van der Waals surface area contributed by atoms with Crippen molar-refractivity contribution in [2.24, 2.45) is 0 Å². The Bertz CT molecular complexity index is 450. The Labute approximate surface area is 83.3 Å². The van der Waals surface area contributed by atoms with Gasteiger partial charge in [-0.3, -0.25) is 0 Å². The standard InChI is InChI=1S/C9H7BrN2O/c10-7-3-6(1-2-13)4-8-9(7)12-5-11-8/h2-5H,1H2,(H,11,12). The fourth-order valence-electron chi connectivity index (χ4n) is 1.28. The molecular formula is C9H7BrN2O. The number of aldehydes is 1. The number of aromatic nitrogens is 2. The van der Waals surface area contributed by atoms with Gasteiger partial charge in [-0.2, -0.15) is 0 Å². The normalized spacial score (nSPS) is 10.5. The number of hydrogen-bond acceptors (Lipinski definition) is 2. The molecule has 0 unspecified atom stereocenters. The fraction of sp³-hybridized carbons (Fsp3) is 0.111. The van der Waals surface area contributed by atoms with Crippen molar-refractivity contribution in [3.63, 3.8) is 0 Å². The number of carbonyl (C=O) groups is 1. The van der Waals surface area contributed by atoms with Gasteiger partial charge in [0.15, 0.2) is 0 Å². The van der Waals surface area contributed by atoms with Crippen LogP contribution in [0, 0.1) is 0 Å². The number of halogens is 1. The molecule has 1 heterocycles. The Morgan fingerprint density at radius 3 is 3.15 bits per heavy atom. The Kier molecular flexibility index (Phi) is 2.14. The van der Waals surface area contributed by atoms with Crippen molar-refractivity contribution in [1.29, 1.82) is 0 Å². The molecule has 0 fully saturated rings. The molecule has 0 radical (unpaired) electrons. The molecule has 0 saturated carbocycles. The van der Waals surface area contributed by atoms with Crippen LogP contribution in [0.15, 0.2) is 22.9 Å². The number of fused-ring (bicyclic) bond motifs is 1. The summed E-state index contributed by atoms with van der Waals surface area (Å²) in [7, 11) is 0. The summed E-state index contributed by atoms with van der Waals surface area (Å²) in [6.07, 6.45) is 2.97. The number of rotatable bonds is 2. The van der Waals surface area contributed by atoms with Crippen LogP contribution >= 0.6 is 15.9 Å². The predicted molar refractivity (Wildman–Crippen MR) is 53.6 cm³/mol. The predicted octanol–water partition coefficient (Wildman–Crippen LogP) is 2.07. The zero-order valence-electron chi connectivity index (χ0n) is 6.75. The third-order valence-corrected chi connectivity index (χ3v) is 2.46. The summed E-state index contributed by atoms with van der Waals surface area (Å²) in [4.78, 5) is 17.4. The van der Waals surface area contributed by atoms with Crippen LogP contribution in [0.25, 0.3) is 11.0 Å². The van der Waals surface area contributed by atoms with Crippen molar-refractivity contribution in [3.05, 3.63) is 28.5 Å². The van der Waals surface area contributed by atoms with Crippen LogP contribution in [0.4, 0.5) is 0 Å². The molecule has 1 aromatic carbocycles. The number of benzene rings is 1. The molecule has 2 aromatic rings. The maximum Gasteiger partial charge on any atom is 0.124 e. The molecule has 2 rings (SSSR count). The van der Waals surface area contributed by atoms with E-state index in [2.05, 4.69) is 25.9 Å². The first-order chi connectivity index (χ1) is 6.31. The minimum absolute atomic E-state index is 0.438. The maximum absolute atomic E-state index is 10.3. The lowest BCUT2D eigenvalue weighted by Gasteiger charge is -1.97. The molecule has 0 amide bonds. The number of nitrogens with zero attached hydrogens (tertiary/aromatic N) is 1. The first kappa shape index (κ1) is 8.44. The highest BCUT2D eigenvalue weighted by Gasteiger charge is 2.03. The molecular weight excluding hydrogens is 232 g/mol. The maximum atomic E-state index is 10.3. The summed E-state index contributed by atoms with van der Waals surface area (Å²) < 4.78 is 0.920. The summed E-state index contributed by atoms with van der Waals surface area (Å²) in [6, 6.07) is 3.85. The van der Waals surface area contributed by atoms with E-state index in [-0.39, 0.29) is 0 Å². The molecule has 1 aromatic heterocycles. The number of nitrogens with one attached hydrogen (secondary N) is 1. The number of imidazole rings is 1. The largest absolute Gasteiger partial charge is 0.345 e. The van der Waals surface area contributed by atoms with Gasteiger partial charge < -0.3 is 9.78 Å². The van der Waals surface area contributed by atoms with Crippen LogP contribution in [-0.4, -0.2) is 16.3 Å². The summed E-state index contributed by atoms with van der Waals surface area (Å²) in [5.41, 5.74) is 2.83. The third-order valence-electron chi connectivity index (χ3n) is 1.86. The van der Waals surface area contributed by atoms with Crippen LogP contribution in [0.3, 0.4) is 0 Å². The van der Waals surface area contributed by atoms with Gasteiger partial charge in [0.1, 0.15) is 11.8 Å². The quantitative estimate of drug-likeness (QED) is 0.815. The van der Waals surface area contributed by atoms with Crippen molar-refractivity contribution in [2.75, 3.05) is 0 Å². The van der Waals surface area contributed by atoms with E-state index in [1.807, 2.05) is 12.1 Å². The van der Waals surface area contributed by atoms with E-state index >= 15 is 0 Å². The highest BCUT2D eigenvalue weighted by atomic mass is 79.9. The Morgan fingerprint density at radius 2 is 2.38 bits per heavy atom. The lowest BCUT2D eigenvalue weighted by atomic mass is 10.1. The summed E-state index contributed by atoms with van der Waals surface area (Å²) in [5, 5.41) is 0. The summed E-state index contributed by atoms with van der Waals surface area (Å²) in [6.45, 7) is 0. The van der Waals surface area contributed by atoms with E-state index in [0.717, 1.165) is 27.4 Å². The molecule has 0 aliphatic carbocycles. The van der Waals surface area contributed by atoms with Crippen LogP contribution < -0.4 is 0 Å². The molecule has 4 heteroatoms. The van der Waals surface area contributed by atoms with E-state index in [1.54, 1.807) is 6.33 Å². The van der Waals surface area contributed by atoms with E-state index in [9.17, 15) is 4.79 Å². The van der Waals surface area contributed by atoms with Gasteiger partial charge in [-0.25, -0.2) is 4.98 Å². The number of carbonyl (C=O) groups excluding carboxylic acids is 1. The first-order valence-corrected chi connectivity index (χ1v) is 4.65. The first-order valence-electron chi connectivity index (χ1n) is 3.86. The summed E-state index contributed by atoms with van der Waals surface area (Å²) >= 11 is 3.40. The van der Waals surface area contributed by atoms with Gasteiger partial charge in [-0.15, -0.1) is 0 Å². The fourth-order valence-corrected chi connectivity index (χ4v) is 1.89. The van der Waals surface area contributed by atoms with Gasteiger partial charge >= 0.3 is 0 Å². The second-order valence-electron chi connectivity index (χ2n) is 2.75. The molecule has 66 valence electrons. The smallest absolute Gasteiger partial charge is 0.124 e. The molecule has 0 aliphatic heterocycles. The third kappa shape index (κ3) is 1.49. The van der Waals surface area contributed by atoms with Crippen molar-refractivity contribution in [3.8, 4) is 0 Å². The number of H-pyrrole nitrogens is 1. The Balaban J connectivity index is 2.62. The second-order valence-corrected chi connectivity index (χ2v) is 3.60. The highest BCUT2D eigenvalue weighted by molar-refractivity contribution is 9.10. The zero-order chi connectivity index (χ0) is 9.26. The van der Waals surface area contributed by atoms with Gasteiger partial charge in [0.25, 0.3) is 0 Å². The molecule has 1 N–H and O–H groups in total. The van der Waals surface area contributed by atoms with Crippen molar-refractivity contribution in [1.82, 2.24) is 9.97 Å². The van der Waals surface area contributed by atoms with E-state index in [1.165, 1.54) is 0 Å². The molecule has 0 spiro atoms. The van der Waals surface area contributed by atoms with Gasteiger partial charge in [-0.1, -0.05) is 0 Å². The monoisotopic (exact) mass is 238 g/mol. The molecule has 0 bridgehead atoms. The molecule has 0 saturated heterocycles. The van der Waals surface area contributed by atoms with Crippen LogP contribution in [0.5, 0.6) is 0 Å². The molecule has 3 nitrogen and oxygen atoms in total.